The number of halogens is 2. The number of pyridine rings is 1. The summed E-state index contributed by atoms with van der Waals surface area (Å²) in [5.41, 5.74) is 15.1. The highest BCUT2D eigenvalue weighted by molar-refractivity contribution is 6.23. The molecule has 10 heteroatoms. The molecule has 0 aliphatic carbocycles. The quantitative estimate of drug-likeness (QED) is 0.0948. The number of nitrogens with zero attached hydrogens (tertiary/aromatic N) is 6. The molecule has 3 saturated heterocycles. The molecule has 0 amide bonds. The number of rotatable bonds is 16. The second-order valence-electron chi connectivity index (χ2n) is 13.8. The number of unbranched alkanes of at least 4 members (excludes halogenated alkanes) is 3. The number of hydrogen-bond donors (Lipinski definition) is 2. The van der Waals surface area contributed by atoms with Crippen LogP contribution in [-0.2, 0) is 19.5 Å². The molecule has 5 heterocycles. The van der Waals surface area contributed by atoms with E-state index >= 15 is 0 Å². The molecule has 3 aliphatic heterocycles. The number of aromatic nitrogens is 3. The molecule has 2 bridgehead atoms. The minimum atomic E-state index is -0.505. The molecule has 4 aromatic rings. The number of piperazine rings is 1. The van der Waals surface area contributed by atoms with Gasteiger partial charge in [0, 0.05) is 81.1 Å². The van der Waals surface area contributed by atoms with Gasteiger partial charge in [0.2, 0.25) is 5.95 Å². The van der Waals surface area contributed by atoms with Gasteiger partial charge in [-0.15, -0.1) is 0 Å². The van der Waals surface area contributed by atoms with Crippen molar-refractivity contribution in [1.82, 2.24) is 24.3 Å². The Hall–Kier alpha value is -4.41. The van der Waals surface area contributed by atoms with Crippen LogP contribution in [0.1, 0.15) is 66.6 Å². The maximum atomic E-state index is 13.7. The van der Waals surface area contributed by atoms with Crippen LogP contribution in [0.25, 0.3) is 16.6 Å². The van der Waals surface area contributed by atoms with Crippen LogP contribution in [0.15, 0.2) is 72.5 Å². The van der Waals surface area contributed by atoms with E-state index in [1.165, 1.54) is 24.1 Å². The van der Waals surface area contributed by atoms with Crippen LogP contribution in [0.5, 0.6) is 0 Å². The molecule has 8 nitrogen and oxygen atoms in total. The molecule has 0 saturated carbocycles. The highest BCUT2D eigenvalue weighted by atomic mass is 19.1. The van der Waals surface area contributed by atoms with Crippen molar-refractivity contribution in [3.63, 3.8) is 0 Å². The van der Waals surface area contributed by atoms with E-state index in [4.69, 9.17) is 15.7 Å². The SMILES string of the molecule is C=CNc1nc2ccc(CN3CC4CC(C3)N4CCc3cc(F)cc(F)c3)cc2n1CCCCCCC(=NC)C(=CN)c1cc(C)cc(C)n1. The lowest BCUT2D eigenvalue weighted by molar-refractivity contribution is -0.0706. The fourth-order valence-electron chi connectivity index (χ4n) is 7.83. The normalized spacial score (nSPS) is 18.4. The zero-order valence-electron chi connectivity index (χ0n) is 29.6. The highest BCUT2D eigenvalue weighted by Gasteiger charge is 2.43. The van der Waals surface area contributed by atoms with Crippen LogP contribution < -0.4 is 11.1 Å². The van der Waals surface area contributed by atoms with Gasteiger partial charge in [-0.3, -0.25) is 19.8 Å². The zero-order valence-corrected chi connectivity index (χ0v) is 29.6. The first-order valence-electron chi connectivity index (χ1n) is 17.9. The van der Waals surface area contributed by atoms with Crippen LogP contribution in [0.2, 0.25) is 0 Å². The average Bonchev–Trinajstić information content (AvgIpc) is 3.41. The first-order valence-corrected chi connectivity index (χ1v) is 17.9. The number of aryl methyl sites for hydroxylation is 3. The van der Waals surface area contributed by atoms with Gasteiger partial charge in [0.1, 0.15) is 11.6 Å². The van der Waals surface area contributed by atoms with E-state index in [-0.39, 0.29) is 0 Å². The van der Waals surface area contributed by atoms with Crippen molar-refractivity contribution in [2.75, 3.05) is 32.0 Å². The number of piperidine rings is 1. The van der Waals surface area contributed by atoms with Gasteiger partial charge in [-0.2, -0.15) is 0 Å². The Balaban J connectivity index is 1.01. The molecule has 2 atom stereocenters. The Bertz CT molecular complexity index is 1830. The first-order chi connectivity index (χ1) is 24.2. The lowest BCUT2D eigenvalue weighted by atomic mass is 9.86. The van der Waals surface area contributed by atoms with Gasteiger partial charge >= 0.3 is 0 Å². The van der Waals surface area contributed by atoms with Crippen LogP contribution in [0.3, 0.4) is 0 Å². The predicted molar refractivity (Wildman–Crippen MR) is 200 cm³/mol. The molecular formula is C40H50F2N8. The van der Waals surface area contributed by atoms with E-state index in [2.05, 4.69) is 68.5 Å². The molecule has 0 spiro atoms. The molecule has 3 fully saturated rings. The Morgan fingerprint density at radius 2 is 1.72 bits per heavy atom. The van der Waals surface area contributed by atoms with E-state index in [9.17, 15) is 8.78 Å². The average molecular weight is 681 g/mol. The van der Waals surface area contributed by atoms with Gasteiger partial charge in [0.25, 0.3) is 0 Å². The largest absolute Gasteiger partial charge is 0.404 e. The van der Waals surface area contributed by atoms with Crippen molar-refractivity contribution in [2.24, 2.45) is 10.7 Å². The molecule has 3 aliphatic rings. The second kappa shape index (κ2) is 16.1. The Morgan fingerprint density at radius 1 is 0.960 bits per heavy atom. The van der Waals surface area contributed by atoms with Crippen molar-refractivity contribution < 1.29 is 8.78 Å². The summed E-state index contributed by atoms with van der Waals surface area (Å²) in [6.45, 7) is 12.5. The van der Waals surface area contributed by atoms with E-state index < -0.39 is 11.6 Å². The van der Waals surface area contributed by atoms with E-state index in [0.29, 0.717) is 18.5 Å². The van der Waals surface area contributed by atoms with Crippen molar-refractivity contribution in [3.8, 4) is 0 Å². The minimum absolute atomic E-state index is 0.491. The zero-order chi connectivity index (χ0) is 35.2. The molecule has 2 aromatic heterocycles. The lowest BCUT2D eigenvalue weighted by Crippen LogP contribution is -2.68. The van der Waals surface area contributed by atoms with Gasteiger partial charge in [0.05, 0.1) is 16.7 Å². The molecule has 50 heavy (non-hydrogen) atoms. The maximum absolute atomic E-state index is 13.7. The Labute approximate surface area is 294 Å². The van der Waals surface area contributed by atoms with E-state index in [1.807, 2.05) is 14.0 Å². The third-order valence-electron chi connectivity index (χ3n) is 10.1. The van der Waals surface area contributed by atoms with Gasteiger partial charge in [0.15, 0.2) is 0 Å². The number of hydrogen-bond acceptors (Lipinski definition) is 7. The third kappa shape index (κ3) is 8.30. The Kier molecular flexibility index (Phi) is 11.4. The smallest absolute Gasteiger partial charge is 0.207 e. The lowest BCUT2D eigenvalue weighted by Gasteiger charge is -2.56. The fraction of sp³-hybridized carbons (Fsp3) is 0.425. The second-order valence-corrected chi connectivity index (χ2v) is 13.8. The van der Waals surface area contributed by atoms with Crippen LogP contribution in [0, 0.1) is 25.5 Å². The molecule has 7 rings (SSSR count). The van der Waals surface area contributed by atoms with E-state index in [1.54, 1.807) is 12.4 Å². The van der Waals surface area contributed by atoms with Crippen molar-refractivity contribution in [1.29, 1.82) is 0 Å². The van der Waals surface area contributed by atoms with Gasteiger partial charge in [-0.25, -0.2) is 13.8 Å². The number of fused-ring (bicyclic) bond motifs is 3. The molecule has 0 radical (unpaired) electrons. The number of anilines is 1. The number of allylic oxidation sites excluding steroid dienone is 1. The predicted octanol–water partition coefficient (Wildman–Crippen LogP) is 7.40. The van der Waals surface area contributed by atoms with Crippen molar-refractivity contribution in [2.45, 2.75) is 84.0 Å². The summed E-state index contributed by atoms with van der Waals surface area (Å²) >= 11 is 0. The maximum Gasteiger partial charge on any atom is 0.207 e. The summed E-state index contributed by atoms with van der Waals surface area (Å²) in [6.07, 6.45) is 10.3. The third-order valence-corrected chi connectivity index (χ3v) is 10.1. The van der Waals surface area contributed by atoms with Gasteiger partial charge in [-0.1, -0.05) is 25.5 Å². The number of benzene rings is 2. The van der Waals surface area contributed by atoms with Crippen molar-refractivity contribution in [3.05, 3.63) is 107 Å². The monoisotopic (exact) mass is 680 g/mol. The topological polar surface area (TPSA) is 87.6 Å². The standard InChI is InChI=1S/C40H50F2N8/c1-5-45-40-47-37-12-11-30(24-48-25-33-22-34(26-48)49(33)15-13-29-18-31(41)21-32(42)19-29)20-39(37)50(40)14-9-7-6-8-10-36(44-4)35(23-43)38-17-27(2)16-28(3)46-38/h5,11-12,16-21,23,33-34H,1,6-10,13-15,22,24-26,43H2,2-4H3,(H,45,47). The molecule has 2 unspecified atom stereocenters. The molecule has 264 valence electrons. The molecular weight excluding hydrogens is 630 g/mol. The molecule has 2 aromatic carbocycles. The van der Waals surface area contributed by atoms with Crippen LogP contribution in [-0.4, -0.2) is 68.8 Å². The van der Waals surface area contributed by atoms with Gasteiger partial charge in [-0.05, 0) is 105 Å². The number of nitrogens with one attached hydrogen (secondary N) is 1. The number of nitrogens with two attached hydrogens (primary N) is 1. The van der Waals surface area contributed by atoms with Gasteiger partial charge < -0.3 is 15.6 Å². The summed E-state index contributed by atoms with van der Waals surface area (Å²) < 4.78 is 29.6. The summed E-state index contributed by atoms with van der Waals surface area (Å²) in [5.74, 6) is -0.191. The molecule has 3 N–H and O–H groups in total. The fourth-order valence-corrected chi connectivity index (χ4v) is 7.83. The van der Waals surface area contributed by atoms with E-state index in [0.717, 1.165) is 122 Å². The van der Waals surface area contributed by atoms with Crippen LogP contribution >= 0.6 is 0 Å². The summed E-state index contributed by atoms with van der Waals surface area (Å²) in [5, 5.41) is 3.25. The minimum Gasteiger partial charge on any atom is -0.404 e. The summed E-state index contributed by atoms with van der Waals surface area (Å²) in [7, 11) is 1.83. The number of imidazole rings is 1. The first kappa shape index (κ1) is 35.4. The summed E-state index contributed by atoms with van der Waals surface area (Å²) in [4.78, 5) is 19.2. The number of aliphatic imine (C=N–C) groups is 1. The Morgan fingerprint density at radius 3 is 2.42 bits per heavy atom. The summed E-state index contributed by atoms with van der Waals surface area (Å²) in [6, 6.07) is 15.6. The van der Waals surface area contributed by atoms with Crippen molar-refractivity contribution >= 4 is 28.3 Å². The van der Waals surface area contributed by atoms with Crippen LogP contribution in [0.4, 0.5) is 14.7 Å². The highest BCUT2D eigenvalue weighted by Crippen LogP contribution is 2.33.